The van der Waals surface area contributed by atoms with Crippen LogP contribution in [0.5, 0.6) is 0 Å². The van der Waals surface area contributed by atoms with E-state index >= 15 is 0 Å². The van der Waals surface area contributed by atoms with Gasteiger partial charge in [-0.15, -0.1) is 0 Å². The summed E-state index contributed by atoms with van der Waals surface area (Å²) < 4.78 is 0. The van der Waals surface area contributed by atoms with Gasteiger partial charge in [0.2, 0.25) is 0 Å². The van der Waals surface area contributed by atoms with Crippen LogP contribution in [0.4, 0.5) is 0 Å². The molecular formula is C14H22N2. The second-order valence-corrected chi connectivity index (χ2v) is 5.42. The first-order chi connectivity index (χ1) is 7.66. The number of pyridine rings is 1. The molecule has 0 saturated carbocycles. The van der Waals surface area contributed by atoms with Gasteiger partial charge in [-0.2, -0.15) is 0 Å². The van der Waals surface area contributed by atoms with Gasteiger partial charge < -0.3 is 4.90 Å². The predicted molar refractivity (Wildman–Crippen MR) is 67.3 cm³/mol. The molecule has 1 aromatic rings. The zero-order valence-corrected chi connectivity index (χ0v) is 10.6. The monoisotopic (exact) mass is 218 g/mol. The summed E-state index contributed by atoms with van der Waals surface area (Å²) >= 11 is 0. The Labute approximate surface area is 98.7 Å². The molecule has 88 valence electrons. The van der Waals surface area contributed by atoms with Crippen molar-refractivity contribution in [1.29, 1.82) is 0 Å². The summed E-state index contributed by atoms with van der Waals surface area (Å²) in [4.78, 5) is 6.71. The van der Waals surface area contributed by atoms with Crippen molar-refractivity contribution < 1.29 is 0 Å². The first kappa shape index (κ1) is 11.6. The molecule has 0 aliphatic carbocycles. The highest BCUT2D eigenvalue weighted by Gasteiger charge is 2.31. The van der Waals surface area contributed by atoms with Crippen LogP contribution in [0.2, 0.25) is 0 Å². The number of hydrogen-bond acceptors (Lipinski definition) is 2. The Kier molecular flexibility index (Phi) is 3.59. The lowest BCUT2D eigenvalue weighted by Gasteiger charge is -2.22. The lowest BCUT2D eigenvalue weighted by atomic mass is 9.93. The van der Waals surface area contributed by atoms with E-state index in [1.54, 1.807) is 0 Å². The minimum absolute atomic E-state index is 0.765. The molecule has 1 aromatic heterocycles. The average Bonchev–Trinajstić information content (AvgIpc) is 2.61. The molecule has 16 heavy (non-hydrogen) atoms. The third kappa shape index (κ3) is 2.62. The number of likely N-dealkylation sites (tertiary alicyclic amines) is 1. The topological polar surface area (TPSA) is 16.1 Å². The van der Waals surface area contributed by atoms with Gasteiger partial charge in [-0.05, 0) is 43.4 Å². The van der Waals surface area contributed by atoms with E-state index in [1.165, 1.54) is 24.9 Å². The zero-order chi connectivity index (χ0) is 11.5. The van der Waals surface area contributed by atoms with Gasteiger partial charge in [-0.3, -0.25) is 4.98 Å². The summed E-state index contributed by atoms with van der Waals surface area (Å²) in [6, 6.07) is 4.99. The molecule has 0 amide bonds. The van der Waals surface area contributed by atoms with Crippen LogP contribution >= 0.6 is 0 Å². The molecule has 1 aliphatic heterocycles. The normalized spacial score (nSPS) is 26.5. The van der Waals surface area contributed by atoms with Gasteiger partial charge in [-0.25, -0.2) is 0 Å². The SMILES string of the molecule is CC(C)C1CC(Cc2cccnc2)CN1C. The molecular weight excluding hydrogens is 196 g/mol. The van der Waals surface area contributed by atoms with Crippen molar-refractivity contribution in [3.05, 3.63) is 30.1 Å². The second-order valence-electron chi connectivity index (χ2n) is 5.42. The van der Waals surface area contributed by atoms with Crippen LogP contribution in [0.15, 0.2) is 24.5 Å². The molecule has 0 bridgehead atoms. The summed E-state index contributed by atoms with van der Waals surface area (Å²) in [5, 5.41) is 0. The quantitative estimate of drug-likeness (QED) is 0.775. The van der Waals surface area contributed by atoms with E-state index in [2.05, 4.69) is 36.8 Å². The summed E-state index contributed by atoms with van der Waals surface area (Å²) in [5.74, 6) is 1.57. The van der Waals surface area contributed by atoms with Crippen LogP contribution in [0.25, 0.3) is 0 Å². The average molecular weight is 218 g/mol. The Morgan fingerprint density at radius 3 is 2.88 bits per heavy atom. The van der Waals surface area contributed by atoms with Crippen molar-refractivity contribution in [3.63, 3.8) is 0 Å². The fourth-order valence-electron chi connectivity index (χ4n) is 2.92. The molecule has 2 nitrogen and oxygen atoms in total. The Hall–Kier alpha value is -0.890. The lowest BCUT2D eigenvalue weighted by molar-refractivity contribution is 0.249. The maximum atomic E-state index is 4.19. The van der Waals surface area contributed by atoms with E-state index in [0.717, 1.165) is 17.9 Å². The molecule has 0 aromatic carbocycles. The summed E-state index contributed by atoms with van der Waals surface area (Å²) in [5.41, 5.74) is 1.38. The van der Waals surface area contributed by atoms with Crippen molar-refractivity contribution >= 4 is 0 Å². The Balaban J connectivity index is 1.94. The van der Waals surface area contributed by atoms with E-state index < -0.39 is 0 Å². The first-order valence-corrected chi connectivity index (χ1v) is 6.26. The van der Waals surface area contributed by atoms with Gasteiger partial charge in [0.05, 0.1) is 0 Å². The number of hydrogen-bond donors (Lipinski definition) is 0. The fourth-order valence-corrected chi connectivity index (χ4v) is 2.92. The van der Waals surface area contributed by atoms with Crippen molar-refractivity contribution in [2.24, 2.45) is 11.8 Å². The Bertz CT molecular complexity index is 321. The molecule has 1 aliphatic rings. The highest BCUT2D eigenvalue weighted by atomic mass is 15.2. The molecule has 2 heterocycles. The minimum Gasteiger partial charge on any atom is -0.303 e. The van der Waals surface area contributed by atoms with Gasteiger partial charge in [0.15, 0.2) is 0 Å². The highest BCUT2D eigenvalue weighted by molar-refractivity contribution is 5.10. The maximum absolute atomic E-state index is 4.19. The van der Waals surface area contributed by atoms with Gasteiger partial charge in [0.25, 0.3) is 0 Å². The predicted octanol–water partition coefficient (Wildman–Crippen LogP) is 2.60. The lowest BCUT2D eigenvalue weighted by Crippen LogP contribution is -2.29. The van der Waals surface area contributed by atoms with Crippen molar-refractivity contribution in [2.75, 3.05) is 13.6 Å². The van der Waals surface area contributed by atoms with E-state index in [4.69, 9.17) is 0 Å². The molecule has 2 atom stereocenters. The van der Waals surface area contributed by atoms with Gasteiger partial charge in [0.1, 0.15) is 0 Å². The van der Waals surface area contributed by atoms with Crippen LogP contribution in [0.3, 0.4) is 0 Å². The highest BCUT2D eigenvalue weighted by Crippen LogP contribution is 2.28. The Morgan fingerprint density at radius 1 is 1.50 bits per heavy atom. The van der Waals surface area contributed by atoms with E-state index in [-0.39, 0.29) is 0 Å². The van der Waals surface area contributed by atoms with Crippen LogP contribution in [-0.2, 0) is 6.42 Å². The second kappa shape index (κ2) is 4.96. The molecule has 0 N–H and O–H groups in total. The molecule has 1 saturated heterocycles. The van der Waals surface area contributed by atoms with Gasteiger partial charge in [-0.1, -0.05) is 19.9 Å². The standard InChI is InChI=1S/C14H22N2/c1-11(2)14-8-13(10-16(14)3)7-12-5-4-6-15-9-12/h4-6,9,11,13-14H,7-8,10H2,1-3H3. The first-order valence-electron chi connectivity index (χ1n) is 6.26. The molecule has 1 fully saturated rings. The molecule has 0 spiro atoms. The maximum Gasteiger partial charge on any atom is 0.0299 e. The summed E-state index contributed by atoms with van der Waals surface area (Å²) in [6.45, 7) is 5.89. The molecule has 2 unspecified atom stereocenters. The van der Waals surface area contributed by atoms with E-state index in [1.807, 2.05) is 18.5 Å². The fraction of sp³-hybridized carbons (Fsp3) is 0.643. The van der Waals surface area contributed by atoms with Crippen molar-refractivity contribution in [3.8, 4) is 0 Å². The third-order valence-electron chi connectivity index (χ3n) is 3.70. The Morgan fingerprint density at radius 2 is 2.31 bits per heavy atom. The van der Waals surface area contributed by atoms with Crippen LogP contribution in [0, 0.1) is 11.8 Å². The zero-order valence-electron chi connectivity index (χ0n) is 10.6. The largest absolute Gasteiger partial charge is 0.303 e. The number of rotatable bonds is 3. The minimum atomic E-state index is 0.765. The summed E-state index contributed by atoms with van der Waals surface area (Å²) in [7, 11) is 2.26. The number of aromatic nitrogens is 1. The molecule has 0 radical (unpaired) electrons. The van der Waals surface area contributed by atoms with E-state index in [9.17, 15) is 0 Å². The van der Waals surface area contributed by atoms with Gasteiger partial charge in [0, 0.05) is 25.0 Å². The molecule has 2 rings (SSSR count). The summed E-state index contributed by atoms with van der Waals surface area (Å²) in [6.07, 6.45) is 6.37. The van der Waals surface area contributed by atoms with Crippen LogP contribution in [-0.4, -0.2) is 29.5 Å². The van der Waals surface area contributed by atoms with Crippen LogP contribution < -0.4 is 0 Å². The third-order valence-corrected chi connectivity index (χ3v) is 3.70. The molecule has 2 heteroatoms. The smallest absolute Gasteiger partial charge is 0.0299 e. The van der Waals surface area contributed by atoms with Crippen molar-refractivity contribution in [2.45, 2.75) is 32.7 Å². The number of nitrogens with zero attached hydrogens (tertiary/aromatic N) is 2. The van der Waals surface area contributed by atoms with Crippen molar-refractivity contribution in [1.82, 2.24) is 9.88 Å². The van der Waals surface area contributed by atoms with Crippen LogP contribution in [0.1, 0.15) is 25.8 Å². The van der Waals surface area contributed by atoms with Gasteiger partial charge >= 0.3 is 0 Å². The van der Waals surface area contributed by atoms with E-state index in [0.29, 0.717) is 0 Å².